The number of hydrogen-bond donors (Lipinski definition) is 5. The molecule has 2 unspecified atom stereocenters. The van der Waals surface area contributed by atoms with Gasteiger partial charge in [-0.05, 0) is 91.6 Å². The maximum absolute atomic E-state index is 12.0. The third kappa shape index (κ3) is 21.6. The monoisotopic (exact) mass is 1070 g/mol. The van der Waals surface area contributed by atoms with Crippen LogP contribution in [0, 0.1) is 0 Å². The van der Waals surface area contributed by atoms with Crippen LogP contribution in [0.1, 0.15) is 71.4 Å². The number of halogens is 3. The number of carbonyl (C=O) groups is 2. The zero-order valence-corrected chi connectivity index (χ0v) is 44.7. The van der Waals surface area contributed by atoms with Crippen LogP contribution in [0.25, 0.3) is 0 Å². The van der Waals surface area contributed by atoms with E-state index in [-0.39, 0.29) is 43.6 Å². The first-order valence-electron chi connectivity index (χ1n) is 25.6. The van der Waals surface area contributed by atoms with E-state index in [1.54, 1.807) is 12.7 Å². The van der Waals surface area contributed by atoms with Gasteiger partial charge >= 0.3 is 5.97 Å². The Kier molecular flexibility index (Phi) is 27.8. The summed E-state index contributed by atoms with van der Waals surface area (Å²) in [6.45, 7) is 11.6. The molecule has 2 aliphatic heterocycles. The summed E-state index contributed by atoms with van der Waals surface area (Å²) in [6.07, 6.45) is 13.3. The van der Waals surface area contributed by atoms with Gasteiger partial charge in [-0.3, -0.25) is 24.4 Å². The van der Waals surface area contributed by atoms with Gasteiger partial charge in [-0.25, -0.2) is 14.8 Å². The zero-order chi connectivity index (χ0) is 51.3. The Bertz CT molecular complexity index is 2370. The molecule has 0 aliphatic carbocycles. The molecule has 2 atom stereocenters. The number of H-pyrrole nitrogens is 2. The molecule has 0 spiro atoms. The second-order valence-corrected chi connectivity index (χ2v) is 19.1. The lowest BCUT2D eigenvalue weighted by Gasteiger charge is -2.39. The van der Waals surface area contributed by atoms with Gasteiger partial charge in [0.15, 0.2) is 0 Å². The molecule has 4 heterocycles. The molecule has 6 N–H and O–H groups in total. The summed E-state index contributed by atoms with van der Waals surface area (Å²) >= 11 is 12.2. The van der Waals surface area contributed by atoms with E-state index in [4.69, 9.17) is 43.5 Å². The highest BCUT2D eigenvalue weighted by atomic mass is 35.5. The molecule has 4 aromatic carbocycles. The number of hydrogen-bond acceptors (Lipinski definition) is 11. The number of nitrogens with one attached hydrogen (secondary N) is 3. The number of aromatic nitrogens is 4. The molecule has 6 aromatic rings. The van der Waals surface area contributed by atoms with E-state index in [1.807, 2.05) is 42.7 Å². The van der Waals surface area contributed by atoms with E-state index in [1.165, 1.54) is 27.9 Å². The summed E-state index contributed by atoms with van der Waals surface area (Å²) in [4.78, 5) is 46.3. The number of piperazine rings is 2. The molecule has 2 aliphatic rings. The number of aliphatic carboxylic acids is 1. The van der Waals surface area contributed by atoms with Crippen LogP contribution in [0.5, 0.6) is 0 Å². The van der Waals surface area contributed by atoms with Crippen molar-refractivity contribution in [2.75, 3.05) is 105 Å². The van der Waals surface area contributed by atoms with E-state index < -0.39 is 5.97 Å². The molecule has 74 heavy (non-hydrogen) atoms. The van der Waals surface area contributed by atoms with Crippen LogP contribution in [0.3, 0.4) is 0 Å². The molecule has 2 fully saturated rings. The van der Waals surface area contributed by atoms with Gasteiger partial charge in [-0.15, -0.1) is 12.4 Å². The van der Waals surface area contributed by atoms with Gasteiger partial charge in [-0.2, -0.15) is 0 Å². The Hall–Kier alpha value is -5.17. The van der Waals surface area contributed by atoms with Crippen molar-refractivity contribution in [2.45, 2.75) is 50.6 Å². The first-order valence-corrected chi connectivity index (χ1v) is 26.3. The second-order valence-electron chi connectivity index (χ2n) is 18.2. The number of nitrogens with two attached hydrogens (primary N) is 1. The topological polar surface area (TPSA) is 181 Å². The summed E-state index contributed by atoms with van der Waals surface area (Å²) in [6, 6.07) is 37.9. The molecule has 2 aromatic heterocycles. The third-order valence-electron chi connectivity index (χ3n) is 12.9. The van der Waals surface area contributed by atoms with Gasteiger partial charge in [0.1, 0.15) is 13.2 Å². The SMILES string of the molecule is Cl.NCCCCc1cnc[nH]1.O=C(COCCN1CCN(C(c2ccccc2)c2ccc(Cl)cc2)CC1)NCCCCc1cnc[nH]1.O=C(O)COCCN1CCN(C(c2ccccc2)c2ccc(Cl)cc2)CC1. The van der Waals surface area contributed by atoms with Crippen molar-refractivity contribution < 1.29 is 24.2 Å². The van der Waals surface area contributed by atoms with Crippen molar-refractivity contribution >= 4 is 47.5 Å². The number of unbranched alkanes of at least 4 members (excludes halogenated alkanes) is 2. The first-order chi connectivity index (χ1) is 35.7. The number of imidazole rings is 2. The lowest BCUT2D eigenvalue weighted by atomic mass is 9.96. The minimum absolute atomic E-state index is 0. The fourth-order valence-corrected chi connectivity index (χ4v) is 9.26. The largest absolute Gasteiger partial charge is 0.480 e. The Morgan fingerprint density at radius 2 is 1.01 bits per heavy atom. The Labute approximate surface area is 453 Å². The molecule has 400 valence electrons. The van der Waals surface area contributed by atoms with E-state index in [0.29, 0.717) is 19.8 Å². The number of aromatic amines is 2. The Balaban J connectivity index is 0.000000234. The van der Waals surface area contributed by atoms with Crippen molar-refractivity contribution in [2.24, 2.45) is 5.73 Å². The van der Waals surface area contributed by atoms with Gasteiger partial charge in [0, 0.05) is 106 Å². The number of carboxylic acids is 1. The normalized spacial score (nSPS) is 15.1. The van der Waals surface area contributed by atoms with Crippen LogP contribution >= 0.6 is 35.6 Å². The summed E-state index contributed by atoms with van der Waals surface area (Å²) in [5, 5.41) is 13.1. The number of ether oxygens (including phenoxy) is 2. The molecule has 1 amide bonds. The van der Waals surface area contributed by atoms with Crippen LogP contribution in [0.2, 0.25) is 10.0 Å². The predicted molar refractivity (Wildman–Crippen MR) is 297 cm³/mol. The highest BCUT2D eigenvalue weighted by molar-refractivity contribution is 6.30. The van der Waals surface area contributed by atoms with E-state index in [9.17, 15) is 9.59 Å². The maximum Gasteiger partial charge on any atom is 0.329 e. The first kappa shape index (κ1) is 59.7. The second kappa shape index (κ2) is 34.4. The molecule has 8 rings (SSSR count). The van der Waals surface area contributed by atoms with Crippen LogP contribution in [-0.4, -0.2) is 161 Å². The van der Waals surface area contributed by atoms with Crippen molar-refractivity contribution in [1.82, 2.24) is 44.9 Å². The number of carbonyl (C=O) groups excluding carboxylic acids is 1. The van der Waals surface area contributed by atoms with Gasteiger partial charge in [-0.1, -0.05) is 108 Å². The summed E-state index contributed by atoms with van der Waals surface area (Å²) in [5.41, 5.74) is 12.7. The van der Waals surface area contributed by atoms with Crippen LogP contribution in [0.15, 0.2) is 134 Å². The average molecular weight is 1070 g/mol. The average Bonchev–Trinajstić information content (AvgIpc) is 4.15. The molecular formula is C56H75Cl3N10O5. The highest BCUT2D eigenvalue weighted by Gasteiger charge is 2.28. The number of rotatable bonds is 25. The lowest BCUT2D eigenvalue weighted by molar-refractivity contribution is -0.142. The molecule has 2 saturated heterocycles. The fourth-order valence-electron chi connectivity index (χ4n) is 9.01. The van der Waals surface area contributed by atoms with Crippen molar-refractivity contribution in [1.29, 1.82) is 0 Å². The minimum Gasteiger partial charge on any atom is -0.480 e. The van der Waals surface area contributed by atoms with Crippen molar-refractivity contribution in [3.63, 3.8) is 0 Å². The smallest absolute Gasteiger partial charge is 0.329 e. The standard InChI is InChI=1S/C28H36ClN5O2.C21H25ClN2O3.C7H13N3.ClH/c29-25-11-9-24(10-12-25)28(23-6-2-1-3-7-23)34-16-14-33(15-17-34)18-19-36-21-27(35)31-13-5-4-8-26-20-30-22-32-26;22-19-8-6-18(7-9-19)21(17-4-2-1-3-5-17)24-12-10-23(11-13-24)14-15-27-16-20(25)26;8-4-2-1-3-7-5-9-6-10-7;/h1-3,6-7,9-12,20,22,28H,4-5,8,13-19,21H2,(H,30,32)(H,31,35);1-9,21H,10-16H2,(H,25,26);5-6H,1-4,8H2,(H,9,10);1H. The lowest BCUT2D eigenvalue weighted by Crippen LogP contribution is -2.48. The number of aryl methyl sites for hydroxylation is 2. The zero-order valence-electron chi connectivity index (χ0n) is 42.4. The van der Waals surface area contributed by atoms with Crippen LogP contribution in [0.4, 0.5) is 0 Å². The fraction of sp³-hybridized carbons (Fsp3) is 0.429. The number of carboxylic acid groups (broad SMARTS) is 1. The summed E-state index contributed by atoms with van der Waals surface area (Å²) in [5.74, 6) is -0.969. The Morgan fingerprint density at radius 1 is 0.595 bits per heavy atom. The van der Waals surface area contributed by atoms with E-state index in [2.05, 4.69) is 124 Å². The van der Waals surface area contributed by atoms with Crippen LogP contribution < -0.4 is 11.1 Å². The van der Waals surface area contributed by atoms with Crippen LogP contribution in [-0.2, 0) is 31.9 Å². The predicted octanol–water partition coefficient (Wildman–Crippen LogP) is 8.19. The molecule has 0 bridgehead atoms. The molecule has 18 heteroatoms. The van der Waals surface area contributed by atoms with Crippen molar-refractivity contribution in [3.8, 4) is 0 Å². The third-order valence-corrected chi connectivity index (χ3v) is 13.4. The summed E-state index contributed by atoms with van der Waals surface area (Å²) in [7, 11) is 0. The van der Waals surface area contributed by atoms with E-state index >= 15 is 0 Å². The number of benzene rings is 4. The number of amides is 1. The quantitative estimate of drug-likeness (QED) is 0.0348. The van der Waals surface area contributed by atoms with Gasteiger partial charge in [0.2, 0.25) is 5.91 Å². The van der Waals surface area contributed by atoms with Crippen molar-refractivity contribution in [3.05, 3.63) is 178 Å². The number of nitrogens with zero attached hydrogens (tertiary/aromatic N) is 6. The van der Waals surface area contributed by atoms with E-state index in [0.717, 1.165) is 126 Å². The van der Waals surface area contributed by atoms with Gasteiger partial charge in [0.05, 0.1) is 38.0 Å². The highest BCUT2D eigenvalue weighted by Crippen LogP contribution is 2.32. The maximum atomic E-state index is 12.0. The summed E-state index contributed by atoms with van der Waals surface area (Å²) < 4.78 is 10.8. The molecule has 0 saturated carbocycles. The van der Waals surface area contributed by atoms with Gasteiger partial charge in [0.25, 0.3) is 0 Å². The Morgan fingerprint density at radius 3 is 1.42 bits per heavy atom. The molecule has 15 nitrogen and oxygen atoms in total. The minimum atomic E-state index is -0.923. The van der Waals surface area contributed by atoms with Gasteiger partial charge < -0.3 is 35.6 Å². The molecule has 0 radical (unpaired) electrons. The molecular weight excluding hydrogens is 999 g/mol.